The zero-order chi connectivity index (χ0) is 19.8. The zero-order valence-corrected chi connectivity index (χ0v) is 16.2. The van der Waals surface area contributed by atoms with Crippen LogP contribution < -0.4 is 10.9 Å². The van der Waals surface area contributed by atoms with Gasteiger partial charge < -0.3 is 15.0 Å². The summed E-state index contributed by atoms with van der Waals surface area (Å²) >= 11 is 0. The molecule has 1 amide bonds. The maximum atomic E-state index is 13.3. The third kappa shape index (κ3) is 3.02. The Morgan fingerprint density at radius 3 is 2.75 bits per heavy atom. The van der Waals surface area contributed by atoms with Gasteiger partial charge >= 0.3 is 0 Å². The quantitative estimate of drug-likeness (QED) is 0.735. The Kier molecular flexibility index (Phi) is 4.77. The molecule has 0 fully saturated rings. The van der Waals surface area contributed by atoms with Crippen LogP contribution in [0.3, 0.4) is 0 Å². The Labute approximate surface area is 163 Å². The van der Waals surface area contributed by atoms with E-state index in [4.69, 9.17) is 0 Å². The first-order valence-corrected chi connectivity index (χ1v) is 9.63. The summed E-state index contributed by atoms with van der Waals surface area (Å²) in [7, 11) is 1.64. The minimum Gasteiger partial charge on any atom is -0.392 e. The number of rotatable bonds is 4. The Bertz CT molecular complexity index is 1140. The van der Waals surface area contributed by atoms with Gasteiger partial charge in [0.25, 0.3) is 5.56 Å². The number of hydrogen-bond donors (Lipinski definition) is 2. The lowest BCUT2D eigenvalue weighted by molar-refractivity contribution is -0.120. The van der Waals surface area contributed by atoms with Crippen molar-refractivity contribution in [1.82, 2.24) is 9.88 Å². The summed E-state index contributed by atoms with van der Waals surface area (Å²) in [5.41, 5.74) is 5.95. The molecule has 0 saturated carbocycles. The van der Waals surface area contributed by atoms with Gasteiger partial charge in [0.05, 0.1) is 12.3 Å². The van der Waals surface area contributed by atoms with Crippen molar-refractivity contribution in [1.29, 1.82) is 0 Å². The first-order valence-electron chi connectivity index (χ1n) is 9.63. The van der Waals surface area contributed by atoms with Crippen LogP contribution in [0.5, 0.6) is 0 Å². The van der Waals surface area contributed by atoms with Crippen LogP contribution in [0.25, 0.3) is 22.0 Å². The molecule has 0 saturated heterocycles. The first kappa shape index (κ1) is 18.4. The number of aliphatic hydroxyl groups is 1. The van der Waals surface area contributed by atoms with Crippen molar-refractivity contribution in [3.63, 3.8) is 0 Å². The van der Waals surface area contributed by atoms with Crippen molar-refractivity contribution in [3.8, 4) is 11.3 Å². The van der Waals surface area contributed by atoms with E-state index in [1.807, 2.05) is 47.9 Å². The van der Waals surface area contributed by atoms with Gasteiger partial charge in [-0.1, -0.05) is 29.8 Å². The number of nitrogens with one attached hydrogen (secondary N) is 1. The average molecular weight is 376 g/mol. The standard InChI is InChI=1S/C23H24N2O3/c1-14-3-6-17-18(7-8-21(27)24-2)22-19-12-15(13-26)4-5-16(19)9-10-25(22)23(28)20(17)11-14/h3-6,11-12,26H,7-10,13H2,1-2H3,(H,24,27). The average Bonchev–Trinajstić information content (AvgIpc) is 2.72. The molecule has 144 valence electrons. The number of aryl methyl sites for hydroxylation is 3. The van der Waals surface area contributed by atoms with Gasteiger partial charge in [-0.15, -0.1) is 0 Å². The van der Waals surface area contributed by atoms with Crippen LogP contribution in [0, 0.1) is 6.92 Å². The molecular weight excluding hydrogens is 352 g/mol. The minimum absolute atomic E-state index is 0.0115. The minimum atomic E-state index is -0.0438. The lowest BCUT2D eigenvalue weighted by Gasteiger charge is -2.26. The summed E-state index contributed by atoms with van der Waals surface area (Å²) in [4.78, 5) is 25.2. The Morgan fingerprint density at radius 2 is 2.00 bits per heavy atom. The maximum Gasteiger partial charge on any atom is 0.258 e. The number of carbonyl (C=O) groups excluding carboxylic acids is 1. The van der Waals surface area contributed by atoms with Crippen LogP contribution in [0.15, 0.2) is 41.2 Å². The molecule has 1 aliphatic heterocycles. The molecule has 3 aromatic rings. The second-order valence-corrected chi connectivity index (χ2v) is 7.41. The predicted octanol–water partition coefficient (Wildman–Crippen LogP) is 2.70. The number of amides is 1. The summed E-state index contributed by atoms with van der Waals surface area (Å²) < 4.78 is 1.85. The molecule has 1 aliphatic rings. The summed E-state index contributed by atoms with van der Waals surface area (Å²) in [5.74, 6) is -0.0228. The van der Waals surface area contributed by atoms with Crippen LogP contribution in [-0.2, 0) is 30.8 Å². The van der Waals surface area contributed by atoms with E-state index in [2.05, 4.69) is 5.32 Å². The molecule has 5 nitrogen and oxygen atoms in total. The molecule has 4 rings (SSSR count). The van der Waals surface area contributed by atoms with Crippen LogP contribution in [0.2, 0.25) is 0 Å². The van der Waals surface area contributed by atoms with E-state index < -0.39 is 0 Å². The highest BCUT2D eigenvalue weighted by molar-refractivity contribution is 5.92. The molecule has 0 spiro atoms. The summed E-state index contributed by atoms with van der Waals surface area (Å²) in [6.45, 7) is 2.56. The van der Waals surface area contributed by atoms with Gasteiger partial charge in [0.1, 0.15) is 0 Å². The number of fused-ring (bicyclic) bond motifs is 4. The fourth-order valence-corrected chi connectivity index (χ4v) is 4.17. The SMILES string of the molecule is CNC(=O)CCc1c2n(c(=O)c3cc(C)ccc13)CCc1ccc(CO)cc1-2. The van der Waals surface area contributed by atoms with Gasteiger partial charge in [0.15, 0.2) is 0 Å². The number of nitrogens with zero attached hydrogens (tertiary/aromatic N) is 1. The molecule has 28 heavy (non-hydrogen) atoms. The van der Waals surface area contributed by atoms with E-state index in [9.17, 15) is 14.7 Å². The fraction of sp³-hybridized carbons (Fsp3) is 0.304. The molecule has 0 aliphatic carbocycles. The van der Waals surface area contributed by atoms with Crippen LogP contribution in [0.1, 0.15) is 28.7 Å². The lowest BCUT2D eigenvalue weighted by atomic mass is 9.88. The number of benzene rings is 2. The van der Waals surface area contributed by atoms with E-state index in [0.717, 1.165) is 39.8 Å². The van der Waals surface area contributed by atoms with Crippen LogP contribution in [0.4, 0.5) is 0 Å². The number of carbonyl (C=O) groups is 1. The molecule has 2 aromatic carbocycles. The van der Waals surface area contributed by atoms with Gasteiger partial charge in [0.2, 0.25) is 5.91 Å². The van der Waals surface area contributed by atoms with E-state index in [0.29, 0.717) is 24.8 Å². The van der Waals surface area contributed by atoms with Gasteiger partial charge in [-0.3, -0.25) is 9.59 Å². The molecule has 0 bridgehead atoms. The maximum absolute atomic E-state index is 13.3. The van der Waals surface area contributed by atoms with E-state index >= 15 is 0 Å². The number of hydrogen-bond acceptors (Lipinski definition) is 3. The number of aromatic nitrogens is 1. The molecule has 2 N–H and O–H groups in total. The van der Waals surface area contributed by atoms with Gasteiger partial charge in [-0.2, -0.15) is 0 Å². The van der Waals surface area contributed by atoms with Crippen molar-refractivity contribution in [2.75, 3.05) is 7.05 Å². The molecule has 0 unspecified atom stereocenters. The number of aliphatic hydroxyl groups excluding tert-OH is 1. The lowest BCUT2D eigenvalue weighted by Crippen LogP contribution is -2.28. The Morgan fingerprint density at radius 1 is 1.18 bits per heavy atom. The van der Waals surface area contributed by atoms with Crippen molar-refractivity contribution >= 4 is 16.7 Å². The second-order valence-electron chi connectivity index (χ2n) is 7.41. The van der Waals surface area contributed by atoms with Crippen molar-refractivity contribution in [3.05, 3.63) is 69.0 Å². The second kappa shape index (κ2) is 7.24. The highest BCUT2D eigenvalue weighted by atomic mass is 16.3. The summed E-state index contributed by atoms with van der Waals surface area (Å²) in [5, 5.41) is 13.9. The van der Waals surface area contributed by atoms with Crippen molar-refractivity contribution < 1.29 is 9.90 Å². The Hall–Kier alpha value is -2.92. The third-order valence-corrected chi connectivity index (χ3v) is 5.63. The molecule has 5 heteroatoms. The zero-order valence-electron chi connectivity index (χ0n) is 16.2. The largest absolute Gasteiger partial charge is 0.392 e. The van der Waals surface area contributed by atoms with Crippen molar-refractivity contribution in [2.45, 2.75) is 39.3 Å². The smallest absolute Gasteiger partial charge is 0.258 e. The number of pyridine rings is 1. The molecule has 0 atom stereocenters. The van der Waals surface area contributed by atoms with Crippen molar-refractivity contribution in [2.24, 2.45) is 0 Å². The Balaban J connectivity index is 2.04. The van der Waals surface area contributed by atoms with E-state index in [1.54, 1.807) is 7.05 Å². The van der Waals surface area contributed by atoms with E-state index in [-0.39, 0.29) is 18.1 Å². The highest BCUT2D eigenvalue weighted by Gasteiger charge is 2.24. The molecular formula is C23H24N2O3. The molecule has 2 heterocycles. The van der Waals surface area contributed by atoms with Crippen LogP contribution in [-0.4, -0.2) is 22.6 Å². The van der Waals surface area contributed by atoms with E-state index in [1.165, 1.54) is 5.56 Å². The summed E-state index contributed by atoms with van der Waals surface area (Å²) in [6.07, 6.45) is 1.69. The topological polar surface area (TPSA) is 71.3 Å². The predicted molar refractivity (Wildman–Crippen MR) is 110 cm³/mol. The van der Waals surface area contributed by atoms with Gasteiger partial charge in [-0.25, -0.2) is 0 Å². The monoisotopic (exact) mass is 376 g/mol. The molecule has 1 aromatic heterocycles. The fourth-order valence-electron chi connectivity index (χ4n) is 4.17. The summed E-state index contributed by atoms with van der Waals surface area (Å²) in [6, 6.07) is 11.9. The normalized spacial score (nSPS) is 12.5. The third-order valence-electron chi connectivity index (χ3n) is 5.63. The molecule has 0 radical (unpaired) electrons. The van der Waals surface area contributed by atoms with Gasteiger partial charge in [-0.05, 0) is 54.0 Å². The highest BCUT2D eigenvalue weighted by Crippen LogP contribution is 2.36. The van der Waals surface area contributed by atoms with Gasteiger partial charge in [0, 0.05) is 31.0 Å². The first-order chi connectivity index (χ1) is 13.5. The van der Waals surface area contributed by atoms with Crippen LogP contribution >= 0.6 is 0 Å².